The van der Waals surface area contributed by atoms with Crippen LogP contribution in [0.4, 0.5) is 0 Å². The topological polar surface area (TPSA) is 114 Å². The predicted octanol–water partition coefficient (Wildman–Crippen LogP) is 8.73. The lowest BCUT2D eigenvalue weighted by molar-refractivity contribution is -0.138. The maximum absolute atomic E-state index is 10.7. The van der Waals surface area contributed by atoms with Crippen molar-refractivity contribution in [1.29, 1.82) is 0 Å². The van der Waals surface area contributed by atoms with Gasteiger partial charge in [0.05, 0.1) is 19.8 Å². The lowest BCUT2D eigenvalue weighted by Gasteiger charge is -2.55. The van der Waals surface area contributed by atoms with Crippen LogP contribution in [0.15, 0.2) is 84.9 Å². The van der Waals surface area contributed by atoms with E-state index in [1.165, 1.54) is 5.56 Å². The van der Waals surface area contributed by atoms with E-state index in [2.05, 4.69) is 52.0 Å². The van der Waals surface area contributed by atoms with E-state index in [0.717, 1.165) is 70.9 Å². The molecule has 0 amide bonds. The van der Waals surface area contributed by atoms with E-state index in [9.17, 15) is 5.11 Å². The highest BCUT2D eigenvalue weighted by molar-refractivity contribution is 5.72. The van der Waals surface area contributed by atoms with Gasteiger partial charge in [-0.1, -0.05) is 69.3 Å². The summed E-state index contributed by atoms with van der Waals surface area (Å²) < 4.78 is 42.8. The molecule has 1 fully saturated rings. The summed E-state index contributed by atoms with van der Waals surface area (Å²) in [6, 6.07) is 27.4. The number of fused-ring (bicyclic) bond motifs is 2. The number of ether oxygens (including phenoxy) is 8. The Morgan fingerprint density at radius 2 is 1.27 bits per heavy atom. The minimum absolute atomic E-state index is 0.0319. The van der Waals surface area contributed by atoms with Gasteiger partial charge < -0.3 is 48.1 Å². The van der Waals surface area contributed by atoms with Gasteiger partial charge in [0.1, 0.15) is 22.8 Å². The van der Waals surface area contributed by atoms with E-state index in [1.807, 2.05) is 66.7 Å². The second-order valence-electron chi connectivity index (χ2n) is 14.6. The molecule has 0 saturated heterocycles. The minimum atomic E-state index is -0.316. The molecule has 0 radical (unpaired) electrons. The standard InChI is InChI=1S/C27H34O5.C10H14O2.C9H12O3/c1-26(2)23-16-20-13-19(10-9-18-7-6-8-21(14-18)31-17-29-4)15-22(30-5)25(20)32-27(23,3)12-11-24(26)28;1-3-9-5-4-6-10(7-9)12-8-11-2;1-11-7-12-9-4-2-3-8(5-9)6-10/h6-10,13-15,23-24,28H,11-12,16-17H2,1-5H3;4-7H,3,8H2,1-2H3;2-5,10H,6-7H2,1H3/b10-9+;;/t23-,24-,27-;;/m1../s1. The Kier molecular flexibility index (Phi) is 17.1. The van der Waals surface area contributed by atoms with Crippen LogP contribution in [0.25, 0.3) is 12.2 Å². The summed E-state index contributed by atoms with van der Waals surface area (Å²) in [5.74, 6) is 4.17. The number of benzene rings is 4. The molecule has 4 aromatic carbocycles. The Hall–Kier alpha value is -4.58. The van der Waals surface area contributed by atoms with E-state index < -0.39 is 0 Å². The highest BCUT2D eigenvalue weighted by atomic mass is 16.7. The summed E-state index contributed by atoms with van der Waals surface area (Å²) in [5, 5.41) is 19.5. The maximum Gasteiger partial charge on any atom is 0.188 e. The fourth-order valence-corrected chi connectivity index (χ4v) is 7.11. The Balaban J connectivity index is 0.000000236. The first kappa shape index (κ1) is 44.1. The van der Waals surface area contributed by atoms with Gasteiger partial charge in [-0.15, -0.1) is 0 Å². The van der Waals surface area contributed by atoms with Crippen molar-refractivity contribution >= 4 is 12.2 Å². The highest BCUT2D eigenvalue weighted by Gasteiger charge is 2.54. The molecule has 1 aliphatic heterocycles. The smallest absolute Gasteiger partial charge is 0.188 e. The lowest BCUT2D eigenvalue weighted by atomic mass is 9.57. The molecule has 0 spiro atoms. The summed E-state index contributed by atoms with van der Waals surface area (Å²) in [4.78, 5) is 0. The van der Waals surface area contributed by atoms with Crippen molar-refractivity contribution in [1.82, 2.24) is 0 Å². The van der Waals surface area contributed by atoms with Crippen molar-refractivity contribution in [3.63, 3.8) is 0 Å². The van der Waals surface area contributed by atoms with Gasteiger partial charge in [-0.05, 0) is 114 Å². The third-order valence-electron chi connectivity index (χ3n) is 10.3. The van der Waals surface area contributed by atoms with E-state index in [1.54, 1.807) is 34.5 Å². The molecule has 6 rings (SSSR count). The molecule has 4 aromatic rings. The van der Waals surface area contributed by atoms with Gasteiger partial charge in [-0.2, -0.15) is 0 Å². The van der Waals surface area contributed by atoms with Gasteiger partial charge in [0.25, 0.3) is 0 Å². The quantitative estimate of drug-likeness (QED) is 0.0953. The van der Waals surface area contributed by atoms with Crippen molar-refractivity contribution in [2.24, 2.45) is 11.3 Å². The molecule has 2 aliphatic rings. The summed E-state index contributed by atoms with van der Waals surface area (Å²) in [5.41, 5.74) is 4.81. The molecule has 0 unspecified atom stereocenters. The lowest BCUT2D eigenvalue weighted by Crippen LogP contribution is -2.58. The summed E-state index contributed by atoms with van der Waals surface area (Å²) in [6.45, 7) is 9.42. The molecule has 1 aliphatic carbocycles. The number of methoxy groups -OCH3 is 4. The molecule has 10 heteroatoms. The third-order valence-corrected chi connectivity index (χ3v) is 10.3. The zero-order chi connectivity index (χ0) is 40.6. The molecule has 10 nitrogen and oxygen atoms in total. The Bertz CT molecular complexity index is 1770. The Labute approximate surface area is 332 Å². The van der Waals surface area contributed by atoms with Crippen LogP contribution < -0.4 is 23.7 Å². The predicted molar refractivity (Wildman–Crippen MR) is 219 cm³/mol. The first-order valence-electron chi connectivity index (χ1n) is 19.0. The summed E-state index contributed by atoms with van der Waals surface area (Å²) in [6.07, 6.45) is 7.30. The van der Waals surface area contributed by atoms with Crippen LogP contribution in [0, 0.1) is 11.3 Å². The van der Waals surface area contributed by atoms with Gasteiger partial charge in [-0.25, -0.2) is 0 Å². The molecule has 1 heterocycles. The molecule has 3 atom stereocenters. The van der Waals surface area contributed by atoms with Crippen molar-refractivity contribution in [3.8, 4) is 28.7 Å². The molecule has 0 bridgehead atoms. The van der Waals surface area contributed by atoms with Crippen LogP contribution in [0.1, 0.15) is 68.4 Å². The van der Waals surface area contributed by atoms with Crippen LogP contribution in [0.2, 0.25) is 0 Å². The number of aliphatic hydroxyl groups is 2. The van der Waals surface area contributed by atoms with Crippen molar-refractivity contribution < 1.29 is 48.1 Å². The highest BCUT2D eigenvalue weighted by Crippen LogP contribution is 2.55. The summed E-state index contributed by atoms with van der Waals surface area (Å²) >= 11 is 0. The number of rotatable bonds is 14. The van der Waals surface area contributed by atoms with Crippen molar-refractivity contribution in [2.45, 2.75) is 71.7 Å². The maximum atomic E-state index is 10.7. The molecule has 2 N–H and O–H groups in total. The van der Waals surface area contributed by atoms with Crippen molar-refractivity contribution in [2.75, 3.05) is 48.8 Å². The fourth-order valence-electron chi connectivity index (χ4n) is 7.11. The van der Waals surface area contributed by atoms with E-state index in [0.29, 0.717) is 12.5 Å². The second-order valence-corrected chi connectivity index (χ2v) is 14.6. The molecular weight excluding hydrogens is 712 g/mol. The van der Waals surface area contributed by atoms with Gasteiger partial charge in [0.15, 0.2) is 31.9 Å². The zero-order valence-corrected chi connectivity index (χ0v) is 34.2. The summed E-state index contributed by atoms with van der Waals surface area (Å²) in [7, 11) is 6.47. The normalized spacial score (nSPS) is 19.2. The molecule has 304 valence electrons. The number of aryl methyl sites for hydroxylation is 1. The minimum Gasteiger partial charge on any atom is -0.493 e. The van der Waals surface area contributed by atoms with Gasteiger partial charge in [0.2, 0.25) is 0 Å². The zero-order valence-electron chi connectivity index (χ0n) is 34.2. The molecular formula is C46H60O10. The van der Waals surface area contributed by atoms with E-state index >= 15 is 0 Å². The van der Waals surface area contributed by atoms with Crippen molar-refractivity contribution in [3.05, 3.63) is 113 Å². The number of hydrogen-bond donors (Lipinski definition) is 2. The Morgan fingerprint density at radius 3 is 1.84 bits per heavy atom. The van der Waals surface area contributed by atoms with Crippen LogP contribution in [0.5, 0.6) is 28.7 Å². The molecule has 56 heavy (non-hydrogen) atoms. The Morgan fingerprint density at radius 1 is 0.714 bits per heavy atom. The van der Waals surface area contributed by atoms with Gasteiger partial charge >= 0.3 is 0 Å². The molecule has 1 saturated carbocycles. The fraction of sp³-hybridized carbons (Fsp3) is 0.435. The number of hydrogen-bond acceptors (Lipinski definition) is 10. The first-order valence-corrected chi connectivity index (χ1v) is 19.0. The second kappa shape index (κ2) is 21.6. The van der Waals surface area contributed by atoms with Gasteiger partial charge in [0, 0.05) is 27.2 Å². The average Bonchev–Trinajstić information content (AvgIpc) is 3.22. The van der Waals surface area contributed by atoms with Gasteiger partial charge in [-0.3, -0.25) is 0 Å². The average molecular weight is 773 g/mol. The molecule has 0 aromatic heterocycles. The van der Waals surface area contributed by atoms with Crippen LogP contribution >= 0.6 is 0 Å². The SMILES string of the molecule is CCc1cccc(OCOC)c1.COCOc1cccc(/C=C/c2cc3c(c(OC)c2)O[C@]2(C)CC[C@@H](O)C(C)(C)[C@H]2C3)c1.COCOc1cccc(CO)c1. The first-order chi connectivity index (χ1) is 27.0. The third kappa shape index (κ3) is 12.2. The van der Waals surface area contributed by atoms with Crippen LogP contribution in [0.3, 0.4) is 0 Å². The monoisotopic (exact) mass is 772 g/mol. The van der Waals surface area contributed by atoms with E-state index in [4.69, 9.17) is 43.0 Å². The van der Waals surface area contributed by atoms with Crippen LogP contribution in [-0.4, -0.2) is 70.7 Å². The largest absolute Gasteiger partial charge is 0.493 e. The van der Waals surface area contributed by atoms with E-state index in [-0.39, 0.29) is 43.2 Å². The van der Waals surface area contributed by atoms with Crippen LogP contribution in [-0.2, 0) is 33.7 Å². The number of aliphatic hydroxyl groups excluding tert-OH is 2.